The van der Waals surface area contributed by atoms with Gasteiger partial charge in [0.05, 0.1) is 23.8 Å². The van der Waals surface area contributed by atoms with Crippen LogP contribution in [0.1, 0.15) is 138 Å². The van der Waals surface area contributed by atoms with Crippen molar-refractivity contribution in [1.82, 2.24) is 25.1 Å². The number of aliphatic hydroxyl groups excluding tert-OH is 1. The van der Waals surface area contributed by atoms with Crippen molar-refractivity contribution < 1.29 is 28.6 Å². The van der Waals surface area contributed by atoms with E-state index in [0.717, 1.165) is 68.9 Å². The monoisotopic (exact) mass is 905 g/mol. The number of aromatic nitrogens is 4. The number of carbonyl (C=O) groups is 3. The Bertz CT molecular complexity index is 2040. The molecule has 4 heterocycles. The number of esters is 1. The Kier molecular flexibility index (Phi) is 14.2. The Morgan fingerprint density at radius 1 is 1.00 bits per heavy atom. The normalized spacial score (nSPS) is 16.4. The number of benzene rings is 2. The van der Waals surface area contributed by atoms with Crippen molar-refractivity contribution in [2.75, 3.05) is 30.3 Å². The molecule has 2 aliphatic rings. The summed E-state index contributed by atoms with van der Waals surface area (Å²) >= 11 is 1.95. The van der Waals surface area contributed by atoms with Gasteiger partial charge in [-0.2, -0.15) is 4.98 Å². The molecule has 0 radical (unpaired) electrons. The second kappa shape index (κ2) is 19.1. The Hall–Kier alpha value is -4.44. The number of fused-ring (bicyclic) bond motifs is 1. The smallest absolute Gasteiger partial charge is 0.339 e. The van der Waals surface area contributed by atoms with Crippen LogP contribution in [0.15, 0.2) is 59.1 Å². The number of piperidine rings is 1. The van der Waals surface area contributed by atoms with Gasteiger partial charge in [-0.05, 0) is 97.7 Å². The molecule has 2 atom stereocenters. The fourth-order valence-electron chi connectivity index (χ4n) is 7.84. The summed E-state index contributed by atoms with van der Waals surface area (Å²) in [5.74, 6) is 1.39. The summed E-state index contributed by atoms with van der Waals surface area (Å²) in [5.41, 5.74) is 2.70. The first-order chi connectivity index (χ1) is 27.7. The molecule has 4 aromatic rings. The summed E-state index contributed by atoms with van der Waals surface area (Å²) in [4.78, 5) is 48.8. The lowest BCUT2D eigenvalue weighted by atomic mass is 9.83. The van der Waals surface area contributed by atoms with Gasteiger partial charge in [0.25, 0.3) is 5.89 Å². The first-order valence-corrected chi connectivity index (χ1v) is 21.5. The number of nitrogens with one attached hydrogen (secondary N) is 2. The highest BCUT2D eigenvalue weighted by Crippen LogP contribution is 2.38. The van der Waals surface area contributed by atoms with E-state index < -0.39 is 11.6 Å². The van der Waals surface area contributed by atoms with Crippen LogP contribution in [0.5, 0.6) is 0 Å². The minimum absolute atomic E-state index is 0.00883. The Morgan fingerprint density at radius 3 is 2.43 bits per heavy atom. The molecule has 13 nitrogen and oxygen atoms in total. The average Bonchev–Trinajstić information content (AvgIpc) is 3.77. The van der Waals surface area contributed by atoms with Gasteiger partial charge in [0.1, 0.15) is 11.4 Å². The molecule has 1 amide bonds. The van der Waals surface area contributed by atoms with E-state index in [1.165, 1.54) is 0 Å². The third-order valence-electron chi connectivity index (χ3n) is 11.0. The van der Waals surface area contributed by atoms with E-state index in [1.807, 2.05) is 77.7 Å². The second-order valence-corrected chi connectivity index (χ2v) is 18.3. The van der Waals surface area contributed by atoms with Crippen molar-refractivity contribution in [2.24, 2.45) is 11.3 Å². The largest absolute Gasteiger partial charge is 0.451 e. The van der Waals surface area contributed by atoms with Crippen molar-refractivity contribution in [1.29, 1.82) is 0 Å². The third kappa shape index (κ3) is 11.2. The number of ether oxygens (including phenoxy) is 1. The molecule has 2 aliphatic heterocycles. The summed E-state index contributed by atoms with van der Waals surface area (Å²) in [6, 6.07) is 14.5. The molecule has 1 saturated heterocycles. The predicted octanol–water partition coefficient (Wildman–Crippen LogP) is 9.27. The average molecular weight is 906 g/mol. The number of carbonyl (C=O) groups excluding carboxylic acids is 3. The minimum Gasteiger partial charge on any atom is -0.451 e. The first kappa shape index (κ1) is 43.1. The maximum absolute atomic E-state index is 13.1. The van der Waals surface area contributed by atoms with Crippen LogP contribution in [0.4, 0.5) is 17.5 Å². The topological polar surface area (TPSA) is 173 Å². The van der Waals surface area contributed by atoms with Crippen LogP contribution in [0.3, 0.4) is 0 Å². The van der Waals surface area contributed by atoms with Crippen LogP contribution >= 0.6 is 22.6 Å². The van der Waals surface area contributed by atoms with Gasteiger partial charge in [-0.15, -0.1) is 10.2 Å². The van der Waals surface area contributed by atoms with E-state index >= 15 is 0 Å². The molecule has 0 spiro atoms. The summed E-state index contributed by atoms with van der Waals surface area (Å²) in [6.45, 7) is 11.3. The van der Waals surface area contributed by atoms with E-state index in [0.29, 0.717) is 48.0 Å². The van der Waals surface area contributed by atoms with Crippen LogP contribution < -0.4 is 10.6 Å². The molecule has 2 aromatic carbocycles. The number of likely N-dealkylation sites (tertiary alicyclic amines) is 1. The fraction of sp³-hybridized carbons (Fsp3) is 0.523. The Balaban J connectivity index is 1.05. The molecule has 0 aliphatic carbocycles. The van der Waals surface area contributed by atoms with Gasteiger partial charge in [-0.3, -0.25) is 9.59 Å². The number of anilines is 3. The number of amides is 1. The molecule has 0 bridgehead atoms. The van der Waals surface area contributed by atoms with Crippen molar-refractivity contribution in [3.8, 4) is 11.5 Å². The zero-order chi connectivity index (χ0) is 41.5. The maximum atomic E-state index is 13.1. The number of hydrogen-bond donors (Lipinski definition) is 3. The fourth-order valence-corrected chi connectivity index (χ4v) is 8.37. The second-order valence-electron chi connectivity index (χ2n) is 17.2. The molecular weight excluding hydrogens is 849 g/mol. The highest BCUT2D eigenvalue weighted by Gasteiger charge is 2.38. The van der Waals surface area contributed by atoms with E-state index in [-0.39, 0.29) is 51.4 Å². The first-order valence-electron chi connectivity index (χ1n) is 20.5. The number of aliphatic hydroxyl groups is 1. The van der Waals surface area contributed by atoms with Gasteiger partial charge in [-0.1, -0.05) is 76.8 Å². The minimum atomic E-state index is -0.761. The molecular formula is C44H56IN7O6. The molecule has 3 N–H and O–H groups in total. The lowest BCUT2D eigenvalue weighted by Crippen LogP contribution is -2.37. The SMILES string of the molecule is CC(C)(C)CC(CCCCCCCC(=O)N1CCC(c2nnc(-c3cnc(Nc4ccc5c(c4)C(C)(C)OC5=O)nc3N[C@H](CO)c3ccccc3)o2)CC1)C(=O)I. The molecule has 1 unspecified atom stereocenters. The Morgan fingerprint density at radius 2 is 1.72 bits per heavy atom. The summed E-state index contributed by atoms with van der Waals surface area (Å²) < 4.78 is 12.1. The predicted molar refractivity (Wildman–Crippen MR) is 231 cm³/mol. The van der Waals surface area contributed by atoms with Crippen molar-refractivity contribution in [3.05, 3.63) is 77.3 Å². The molecule has 1 fully saturated rings. The standard InChI is InChI=1S/C44H56IN7O6/c1-43(2,3)25-30(37(45)55)16-10-7-6-8-13-17-36(54)52-22-20-29(21-23-52)39-50-51-40(57-39)33-26-46-42(49-38(33)48-35(27-53)28-14-11-9-12-15-28)47-31-18-19-32-34(24-31)44(4,5)58-41(32)56/h9,11-12,14-15,18-19,24,26,29-30,35,53H,6-8,10,13,16-17,20-23,25,27H2,1-5H3,(H2,46,47,48,49)/t30?,35-/m1/s1. The van der Waals surface area contributed by atoms with Crippen LogP contribution in [0, 0.1) is 11.3 Å². The van der Waals surface area contributed by atoms with Crippen LogP contribution in [-0.4, -0.2) is 65.5 Å². The van der Waals surface area contributed by atoms with Gasteiger partial charge in [-0.25, -0.2) is 9.78 Å². The molecule has 14 heteroatoms. The van der Waals surface area contributed by atoms with E-state index in [2.05, 4.69) is 46.6 Å². The quantitative estimate of drug-likeness (QED) is 0.0375. The van der Waals surface area contributed by atoms with Crippen LogP contribution in [-0.2, 0) is 19.9 Å². The summed E-state index contributed by atoms with van der Waals surface area (Å²) in [5, 5.41) is 25.8. The third-order valence-corrected chi connectivity index (χ3v) is 11.8. The van der Waals surface area contributed by atoms with Gasteiger partial charge in [0, 0.05) is 48.8 Å². The maximum Gasteiger partial charge on any atom is 0.339 e. The van der Waals surface area contributed by atoms with Crippen molar-refractivity contribution in [2.45, 2.75) is 116 Å². The number of halogens is 1. The zero-order valence-corrected chi connectivity index (χ0v) is 36.4. The van der Waals surface area contributed by atoms with Crippen LogP contribution in [0.25, 0.3) is 11.5 Å². The molecule has 6 rings (SSSR count). The van der Waals surface area contributed by atoms with E-state index in [1.54, 1.807) is 18.3 Å². The van der Waals surface area contributed by atoms with Gasteiger partial charge >= 0.3 is 5.97 Å². The summed E-state index contributed by atoms with van der Waals surface area (Å²) in [6.07, 6.45) is 10.6. The highest BCUT2D eigenvalue weighted by molar-refractivity contribution is 14.1. The highest BCUT2D eigenvalue weighted by atomic mass is 127. The van der Waals surface area contributed by atoms with Crippen LogP contribution in [0.2, 0.25) is 0 Å². The molecule has 310 valence electrons. The van der Waals surface area contributed by atoms with Crippen molar-refractivity contribution >= 4 is 55.7 Å². The number of rotatable bonds is 18. The Labute approximate surface area is 354 Å². The van der Waals surface area contributed by atoms with Gasteiger partial charge < -0.3 is 29.8 Å². The number of hydrogen-bond acceptors (Lipinski definition) is 12. The summed E-state index contributed by atoms with van der Waals surface area (Å²) in [7, 11) is 0. The molecule has 58 heavy (non-hydrogen) atoms. The van der Waals surface area contributed by atoms with Gasteiger partial charge in [0.15, 0.2) is 3.79 Å². The molecule has 0 saturated carbocycles. The molecule has 2 aromatic heterocycles. The van der Waals surface area contributed by atoms with E-state index in [4.69, 9.17) is 14.1 Å². The van der Waals surface area contributed by atoms with Crippen molar-refractivity contribution in [3.63, 3.8) is 0 Å². The number of cyclic esters (lactones) is 1. The lowest BCUT2D eigenvalue weighted by Gasteiger charge is -2.30. The van der Waals surface area contributed by atoms with Gasteiger partial charge in [0.2, 0.25) is 17.7 Å². The number of unbranched alkanes of at least 4 members (excludes halogenated alkanes) is 4. The zero-order valence-electron chi connectivity index (χ0n) is 34.2. The number of nitrogens with zero attached hydrogens (tertiary/aromatic N) is 5. The van der Waals surface area contributed by atoms with E-state index in [9.17, 15) is 19.5 Å². The lowest BCUT2D eigenvalue weighted by molar-refractivity contribution is -0.132.